The van der Waals surface area contributed by atoms with Gasteiger partial charge in [-0.1, -0.05) is 37.6 Å². The fourth-order valence-corrected chi connectivity index (χ4v) is 1.78. The number of hydrogen-bond donors (Lipinski definition) is 1. The maximum absolute atomic E-state index is 4.23. The SMILES string of the molecule is CC(=CCn1cc(CC(C)(C)C)nn1)CNC(C)(C)C. The summed E-state index contributed by atoms with van der Waals surface area (Å²) in [5, 5.41) is 11.9. The molecular weight excluding hydrogens is 248 g/mol. The van der Waals surface area contributed by atoms with Crippen molar-refractivity contribution in [2.45, 2.75) is 67.0 Å². The number of rotatable bonds is 5. The molecule has 0 amide bonds. The van der Waals surface area contributed by atoms with E-state index in [0.29, 0.717) is 0 Å². The lowest BCUT2D eigenvalue weighted by Gasteiger charge is -2.20. The first-order valence-electron chi connectivity index (χ1n) is 7.35. The van der Waals surface area contributed by atoms with Crippen LogP contribution in [0, 0.1) is 5.41 Å². The predicted octanol–water partition coefficient (Wildman–Crippen LogP) is 3.20. The largest absolute Gasteiger partial charge is 0.308 e. The molecule has 0 aliphatic heterocycles. The molecule has 1 heterocycles. The summed E-state index contributed by atoms with van der Waals surface area (Å²) in [5.41, 5.74) is 2.80. The average molecular weight is 278 g/mol. The molecule has 1 aromatic rings. The maximum Gasteiger partial charge on any atom is 0.0832 e. The molecule has 0 spiro atoms. The molecule has 0 radical (unpaired) electrons. The van der Waals surface area contributed by atoms with E-state index >= 15 is 0 Å². The van der Waals surface area contributed by atoms with Crippen LogP contribution >= 0.6 is 0 Å². The first-order chi connectivity index (χ1) is 9.05. The molecule has 114 valence electrons. The van der Waals surface area contributed by atoms with Gasteiger partial charge in [-0.3, -0.25) is 0 Å². The minimum atomic E-state index is 0.155. The third-order valence-corrected chi connectivity index (χ3v) is 2.82. The summed E-state index contributed by atoms with van der Waals surface area (Å²) in [6, 6.07) is 0. The Morgan fingerprint density at radius 2 is 1.90 bits per heavy atom. The van der Waals surface area contributed by atoms with Gasteiger partial charge in [0.1, 0.15) is 0 Å². The molecule has 0 unspecified atom stereocenters. The molecule has 0 aliphatic carbocycles. The normalized spacial score (nSPS) is 13.8. The molecule has 4 nitrogen and oxygen atoms in total. The second kappa shape index (κ2) is 6.53. The van der Waals surface area contributed by atoms with Gasteiger partial charge in [-0.15, -0.1) is 5.10 Å². The van der Waals surface area contributed by atoms with E-state index in [0.717, 1.165) is 25.2 Å². The van der Waals surface area contributed by atoms with Crippen LogP contribution in [0.3, 0.4) is 0 Å². The number of nitrogens with zero attached hydrogens (tertiary/aromatic N) is 3. The van der Waals surface area contributed by atoms with E-state index in [1.165, 1.54) is 5.57 Å². The van der Waals surface area contributed by atoms with Crippen LogP contribution in [0.1, 0.15) is 54.2 Å². The Morgan fingerprint density at radius 3 is 2.45 bits per heavy atom. The maximum atomic E-state index is 4.23. The van der Waals surface area contributed by atoms with Crippen LogP contribution in [0.15, 0.2) is 17.8 Å². The average Bonchev–Trinajstić information content (AvgIpc) is 2.67. The van der Waals surface area contributed by atoms with E-state index in [2.05, 4.69) is 70.2 Å². The quantitative estimate of drug-likeness (QED) is 0.841. The Kier molecular flexibility index (Phi) is 5.51. The lowest BCUT2D eigenvalue weighted by Crippen LogP contribution is -2.36. The molecule has 0 fully saturated rings. The van der Waals surface area contributed by atoms with Crippen LogP contribution in [-0.4, -0.2) is 27.1 Å². The van der Waals surface area contributed by atoms with Gasteiger partial charge in [-0.25, -0.2) is 4.68 Å². The van der Waals surface area contributed by atoms with Gasteiger partial charge in [0.15, 0.2) is 0 Å². The van der Waals surface area contributed by atoms with Crippen LogP contribution in [0.2, 0.25) is 0 Å². The summed E-state index contributed by atoms with van der Waals surface area (Å²) < 4.78 is 1.90. The van der Waals surface area contributed by atoms with E-state index in [1.54, 1.807) is 0 Å². The number of aromatic nitrogens is 3. The summed E-state index contributed by atoms with van der Waals surface area (Å²) in [7, 11) is 0. The van der Waals surface area contributed by atoms with Crippen LogP contribution < -0.4 is 5.32 Å². The Labute approximate surface area is 123 Å². The van der Waals surface area contributed by atoms with Gasteiger partial charge in [-0.2, -0.15) is 0 Å². The van der Waals surface area contributed by atoms with E-state index in [-0.39, 0.29) is 11.0 Å². The van der Waals surface area contributed by atoms with Crippen molar-refractivity contribution >= 4 is 0 Å². The third kappa shape index (κ3) is 7.43. The van der Waals surface area contributed by atoms with Gasteiger partial charge in [0, 0.05) is 18.3 Å². The third-order valence-electron chi connectivity index (χ3n) is 2.82. The monoisotopic (exact) mass is 278 g/mol. The van der Waals surface area contributed by atoms with Crippen molar-refractivity contribution in [3.8, 4) is 0 Å². The van der Waals surface area contributed by atoms with Crippen LogP contribution in [-0.2, 0) is 13.0 Å². The summed E-state index contributed by atoms with van der Waals surface area (Å²) in [4.78, 5) is 0. The highest BCUT2D eigenvalue weighted by molar-refractivity contribution is 5.02. The topological polar surface area (TPSA) is 42.7 Å². The lowest BCUT2D eigenvalue weighted by molar-refractivity contribution is 0.406. The van der Waals surface area contributed by atoms with Crippen molar-refractivity contribution in [3.63, 3.8) is 0 Å². The fourth-order valence-electron chi connectivity index (χ4n) is 1.78. The van der Waals surface area contributed by atoms with Gasteiger partial charge in [0.05, 0.1) is 12.2 Å². The van der Waals surface area contributed by atoms with E-state index in [4.69, 9.17) is 0 Å². The van der Waals surface area contributed by atoms with Gasteiger partial charge >= 0.3 is 0 Å². The Hall–Kier alpha value is -1.16. The standard InChI is InChI=1S/C16H30N4/c1-13(11-17-16(5,6)7)8-9-20-12-14(18-19-20)10-15(2,3)4/h8,12,17H,9-11H2,1-7H3. The highest BCUT2D eigenvalue weighted by atomic mass is 15.4. The second-order valence-corrected chi connectivity index (χ2v) is 7.82. The molecule has 1 rings (SSSR count). The minimum Gasteiger partial charge on any atom is -0.308 e. The summed E-state index contributed by atoms with van der Waals surface area (Å²) in [6.45, 7) is 17.0. The molecule has 0 atom stereocenters. The Morgan fingerprint density at radius 1 is 1.25 bits per heavy atom. The number of nitrogens with one attached hydrogen (secondary N) is 1. The van der Waals surface area contributed by atoms with E-state index in [9.17, 15) is 0 Å². The molecule has 0 aliphatic rings. The fraction of sp³-hybridized carbons (Fsp3) is 0.750. The molecule has 20 heavy (non-hydrogen) atoms. The Bertz CT molecular complexity index is 444. The zero-order valence-electron chi connectivity index (χ0n) is 14.1. The van der Waals surface area contributed by atoms with Crippen molar-refractivity contribution in [1.82, 2.24) is 20.3 Å². The van der Waals surface area contributed by atoms with Crippen LogP contribution in [0.25, 0.3) is 0 Å². The molecule has 0 saturated carbocycles. The van der Waals surface area contributed by atoms with E-state index in [1.807, 2.05) is 10.9 Å². The first-order valence-corrected chi connectivity index (χ1v) is 7.35. The predicted molar refractivity (Wildman–Crippen MR) is 84.7 cm³/mol. The molecule has 0 saturated heterocycles. The van der Waals surface area contributed by atoms with Crippen molar-refractivity contribution in [3.05, 3.63) is 23.5 Å². The molecule has 1 N–H and O–H groups in total. The molecule has 0 bridgehead atoms. The minimum absolute atomic E-state index is 0.155. The van der Waals surface area contributed by atoms with Crippen molar-refractivity contribution in [2.24, 2.45) is 5.41 Å². The van der Waals surface area contributed by atoms with Gasteiger partial charge in [0.2, 0.25) is 0 Å². The van der Waals surface area contributed by atoms with Crippen molar-refractivity contribution in [2.75, 3.05) is 6.54 Å². The summed E-state index contributed by atoms with van der Waals surface area (Å²) in [5.74, 6) is 0. The van der Waals surface area contributed by atoms with Crippen LogP contribution in [0.5, 0.6) is 0 Å². The van der Waals surface area contributed by atoms with Gasteiger partial charge < -0.3 is 5.32 Å². The zero-order valence-corrected chi connectivity index (χ0v) is 14.1. The Balaban J connectivity index is 2.49. The molecule has 1 aromatic heterocycles. The van der Waals surface area contributed by atoms with E-state index < -0.39 is 0 Å². The zero-order chi connectivity index (χ0) is 15.4. The summed E-state index contributed by atoms with van der Waals surface area (Å²) in [6.07, 6.45) is 5.21. The van der Waals surface area contributed by atoms with Gasteiger partial charge in [0.25, 0.3) is 0 Å². The first kappa shape index (κ1) is 16.9. The smallest absolute Gasteiger partial charge is 0.0832 e. The number of hydrogen-bond acceptors (Lipinski definition) is 3. The molecular formula is C16H30N4. The van der Waals surface area contributed by atoms with Crippen LogP contribution in [0.4, 0.5) is 0 Å². The lowest BCUT2D eigenvalue weighted by atomic mass is 9.91. The van der Waals surface area contributed by atoms with Crippen molar-refractivity contribution < 1.29 is 0 Å². The highest BCUT2D eigenvalue weighted by Crippen LogP contribution is 2.18. The number of allylic oxidation sites excluding steroid dienone is 1. The van der Waals surface area contributed by atoms with Gasteiger partial charge in [-0.05, 0) is 39.5 Å². The summed E-state index contributed by atoms with van der Waals surface area (Å²) >= 11 is 0. The molecule has 4 heteroatoms. The van der Waals surface area contributed by atoms with Crippen molar-refractivity contribution in [1.29, 1.82) is 0 Å². The molecule has 0 aromatic carbocycles. The second-order valence-electron chi connectivity index (χ2n) is 7.82. The highest BCUT2D eigenvalue weighted by Gasteiger charge is 2.13.